The summed E-state index contributed by atoms with van der Waals surface area (Å²) in [5.74, 6) is 2.38. The summed E-state index contributed by atoms with van der Waals surface area (Å²) in [7, 11) is 1.74. The highest BCUT2D eigenvalue weighted by Crippen LogP contribution is 2.67. The fourth-order valence-corrected chi connectivity index (χ4v) is 8.14. The minimum Gasteiger partial charge on any atom is -0.465 e. The summed E-state index contributed by atoms with van der Waals surface area (Å²) in [6, 6.07) is 3.69. The van der Waals surface area contributed by atoms with Gasteiger partial charge in [0.1, 0.15) is 0 Å². The Morgan fingerprint density at radius 1 is 1.16 bits per heavy atom. The van der Waals surface area contributed by atoms with Crippen LogP contribution in [0.5, 0.6) is 0 Å². The third-order valence-corrected chi connectivity index (χ3v) is 10.0. The summed E-state index contributed by atoms with van der Waals surface area (Å²) < 4.78 is 5.21. The number of nitrogens with zero attached hydrogens (tertiary/aromatic N) is 1. The second-order valence-electron chi connectivity index (χ2n) is 11.1. The molecule has 0 radical (unpaired) electrons. The van der Waals surface area contributed by atoms with Crippen molar-refractivity contribution >= 4 is 6.09 Å². The first-order chi connectivity index (χ1) is 14.7. The van der Waals surface area contributed by atoms with Crippen LogP contribution >= 0.6 is 0 Å². The molecule has 0 saturated heterocycles. The lowest BCUT2D eigenvalue weighted by molar-refractivity contribution is -0.0684. The van der Waals surface area contributed by atoms with Crippen LogP contribution in [0.2, 0.25) is 0 Å². The molecule has 1 aromatic heterocycles. The molecule has 168 valence electrons. The summed E-state index contributed by atoms with van der Waals surface area (Å²) in [4.78, 5) is 24.5. The van der Waals surface area contributed by atoms with Crippen LogP contribution in [0, 0.1) is 28.6 Å². The molecule has 5 nitrogen and oxygen atoms in total. The standard InChI is InChI=1S/C26H35NO4/c1-25-12-10-18(27(3)24(29)30)14-17(25)5-6-19-21-8-7-20(16-4-9-23(28)31-15-16)26(21,2)13-11-22(19)25/h4,8-9,15,17-20,22H,5-7,10-14H2,1-3H3,(H,29,30)/t17-,18+,19+,20-,22+,25+,26-/m1/s1. The molecule has 5 rings (SSSR count). The number of amides is 1. The summed E-state index contributed by atoms with van der Waals surface area (Å²) >= 11 is 0. The van der Waals surface area contributed by atoms with Gasteiger partial charge in [-0.1, -0.05) is 25.5 Å². The third-order valence-electron chi connectivity index (χ3n) is 10.0. The Hall–Kier alpha value is -2.04. The van der Waals surface area contributed by atoms with Crippen molar-refractivity contribution in [3.63, 3.8) is 0 Å². The molecule has 1 aromatic rings. The quantitative estimate of drug-likeness (QED) is 0.620. The first-order valence-corrected chi connectivity index (χ1v) is 12.0. The molecule has 4 aliphatic rings. The first kappa shape index (κ1) is 20.8. The molecule has 5 heteroatoms. The Bertz CT molecular complexity index is 946. The van der Waals surface area contributed by atoms with Crippen molar-refractivity contribution in [1.82, 2.24) is 4.90 Å². The molecule has 0 spiro atoms. The predicted octanol–water partition coefficient (Wildman–Crippen LogP) is 5.66. The lowest BCUT2D eigenvalue weighted by Gasteiger charge is -2.60. The lowest BCUT2D eigenvalue weighted by Crippen LogP contribution is -2.53. The maximum Gasteiger partial charge on any atom is 0.407 e. The highest BCUT2D eigenvalue weighted by Gasteiger charge is 2.58. The third kappa shape index (κ3) is 3.10. The van der Waals surface area contributed by atoms with Crippen LogP contribution in [-0.2, 0) is 0 Å². The van der Waals surface area contributed by atoms with Crippen molar-refractivity contribution < 1.29 is 14.3 Å². The largest absolute Gasteiger partial charge is 0.465 e. The van der Waals surface area contributed by atoms with E-state index >= 15 is 0 Å². The second kappa shape index (κ2) is 7.25. The summed E-state index contributed by atoms with van der Waals surface area (Å²) in [6.45, 7) is 4.94. The SMILES string of the molecule is CN(C(=O)O)[C@H]1CC[C@@]2(C)[C@H](CC[C@H]3C4=CC[C@H](c5ccc(=O)oc5)[C@@]4(C)CC[C@@H]32)C1. The molecule has 3 fully saturated rings. The number of hydrogen-bond donors (Lipinski definition) is 1. The molecule has 4 aliphatic carbocycles. The molecule has 7 atom stereocenters. The minimum atomic E-state index is -0.797. The van der Waals surface area contributed by atoms with Gasteiger partial charge in [-0.15, -0.1) is 0 Å². The van der Waals surface area contributed by atoms with Crippen LogP contribution in [-0.4, -0.2) is 29.2 Å². The van der Waals surface area contributed by atoms with Crippen molar-refractivity contribution in [3.8, 4) is 0 Å². The van der Waals surface area contributed by atoms with Gasteiger partial charge in [-0.05, 0) is 97.5 Å². The van der Waals surface area contributed by atoms with Gasteiger partial charge in [0.25, 0.3) is 0 Å². The van der Waals surface area contributed by atoms with Gasteiger partial charge in [0.15, 0.2) is 0 Å². The molecular formula is C26H35NO4. The molecule has 1 heterocycles. The van der Waals surface area contributed by atoms with E-state index in [1.807, 2.05) is 6.07 Å². The van der Waals surface area contributed by atoms with Gasteiger partial charge >= 0.3 is 11.7 Å². The molecular weight excluding hydrogens is 390 g/mol. The van der Waals surface area contributed by atoms with Gasteiger partial charge in [-0.2, -0.15) is 0 Å². The van der Waals surface area contributed by atoms with E-state index in [1.54, 1.807) is 29.9 Å². The average Bonchev–Trinajstić information content (AvgIpc) is 3.10. The van der Waals surface area contributed by atoms with Gasteiger partial charge in [0, 0.05) is 19.2 Å². The Balaban J connectivity index is 1.38. The first-order valence-electron chi connectivity index (χ1n) is 12.0. The van der Waals surface area contributed by atoms with Crippen LogP contribution in [0.4, 0.5) is 4.79 Å². The van der Waals surface area contributed by atoms with Gasteiger partial charge in [-0.25, -0.2) is 9.59 Å². The van der Waals surface area contributed by atoms with Crippen molar-refractivity contribution in [2.24, 2.45) is 28.6 Å². The number of rotatable bonds is 2. The van der Waals surface area contributed by atoms with E-state index in [9.17, 15) is 14.7 Å². The summed E-state index contributed by atoms with van der Waals surface area (Å²) in [5.41, 5.74) is 3.01. The van der Waals surface area contributed by atoms with Crippen LogP contribution in [0.3, 0.4) is 0 Å². The highest BCUT2D eigenvalue weighted by atomic mass is 16.4. The summed E-state index contributed by atoms with van der Waals surface area (Å²) in [6.07, 6.45) is 12.4. The van der Waals surface area contributed by atoms with E-state index in [-0.39, 0.29) is 17.1 Å². The number of fused-ring (bicyclic) bond motifs is 5. The maximum atomic E-state index is 11.5. The topological polar surface area (TPSA) is 70.8 Å². The van der Waals surface area contributed by atoms with Crippen molar-refractivity contribution in [3.05, 3.63) is 46.0 Å². The summed E-state index contributed by atoms with van der Waals surface area (Å²) in [5, 5.41) is 9.44. The zero-order valence-corrected chi connectivity index (χ0v) is 19.0. The zero-order chi connectivity index (χ0) is 22.0. The normalized spacial score (nSPS) is 41.5. The van der Waals surface area contributed by atoms with Crippen molar-refractivity contribution in [2.75, 3.05) is 7.05 Å². The van der Waals surface area contributed by atoms with Gasteiger partial charge in [0.2, 0.25) is 0 Å². The number of hydrogen-bond acceptors (Lipinski definition) is 3. The number of carboxylic acid groups (broad SMARTS) is 1. The molecule has 1 N–H and O–H groups in total. The molecule has 0 aliphatic heterocycles. The Kier molecular flexibility index (Phi) is 4.87. The van der Waals surface area contributed by atoms with E-state index in [1.165, 1.54) is 25.7 Å². The van der Waals surface area contributed by atoms with E-state index in [2.05, 4.69) is 19.9 Å². The Morgan fingerprint density at radius 3 is 2.68 bits per heavy atom. The number of allylic oxidation sites excluding steroid dienone is 2. The fraction of sp³-hybridized carbons (Fsp3) is 0.692. The monoisotopic (exact) mass is 425 g/mol. The van der Waals surface area contributed by atoms with E-state index in [0.29, 0.717) is 29.1 Å². The van der Waals surface area contributed by atoms with Crippen LogP contribution in [0.1, 0.15) is 76.7 Å². The van der Waals surface area contributed by atoms with E-state index in [4.69, 9.17) is 4.42 Å². The van der Waals surface area contributed by atoms with Crippen molar-refractivity contribution in [2.45, 2.75) is 77.2 Å². The zero-order valence-electron chi connectivity index (χ0n) is 19.0. The number of carbonyl (C=O) groups is 1. The highest BCUT2D eigenvalue weighted by molar-refractivity contribution is 5.65. The average molecular weight is 426 g/mol. The molecule has 1 amide bonds. The van der Waals surface area contributed by atoms with E-state index in [0.717, 1.165) is 31.2 Å². The fourth-order valence-electron chi connectivity index (χ4n) is 8.14. The lowest BCUT2D eigenvalue weighted by atomic mass is 9.45. The molecule has 0 aromatic carbocycles. The Labute approximate surface area is 184 Å². The molecule has 3 saturated carbocycles. The van der Waals surface area contributed by atoms with Crippen LogP contribution < -0.4 is 5.63 Å². The predicted molar refractivity (Wildman–Crippen MR) is 119 cm³/mol. The van der Waals surface area contributed by atoms with Gasteiger partial charge in [-0.3, -0.25) is 0 Å². The Morgan fingerprint density at radius 2 is 1.97 bits per heavy atom. The minimum absolute atomic E-state index is 0.158. The van der Waals surface area contributed by atoms with Crippen LogP contribution in [0.15, 0.2) is 39.3 Å². The maximum absolute atomic E-state index is 11.5. The molecule has 0 bridgehead atoms. The van der Waals surface area contributed by atoms with Crippen LogP contribution in [0.25, 0.3) is 0 Å². The van der Waals surface area contributed by atoms with Crippen molar-refractivity contribution in [1.29, 1.82) is 0 Å². The molecule has 0 unspecified atom stereocenters. The van der Waals surface area contributed by atoms with Gasteiger partial charge in [0.05, 0.1) is 6.26 Å². The second-order valence-corrected chi connectivity index (χ2v) is 11.1. The smallest absolute Gasteiger partial charge is 0.407 e. The van der Waals surface area contributed by atoms with Gasteiger partial charge < -0.3 is 14.4 Å². The molecule has 31 heavy (non-hydrogen) atoms. The van der Waals surface area contributed by atoms with E-state index < -0.39 is 6.09 Å².